The van der Waals surface area contributed by atoms with Crippen LogP contribution in [0, 0.1) is 11.7 Å². The third-order valence-electron chi connectivity index (χ3n) is 3.45. The quantitative estimate of drug-likeness (QED) is 0.842. The minimum Gasteiger partial charge on any atom is -0.327 e. The molecule has 2 N–H and O–H groups in total. The van der Waals surface area contributed by atoms with Crippen molar-refractivity contribution >= 4 is 11.6 Å². The van der Waals surface area contributed by atoms with Crippen molar-refractivity contribution in [3.63, 3.8) is 0 Å². The average molecular weight is 242 g/mol. The normalized spacial score (nSPS) is 25.7. The van der Waals surface area contributed by atoms with Gasteiger partial charge in [-0.15, -0.1) is 0 Å². The van der Waals surface area contributed by atoms with Gasteiger partial charge in [0.15, 0.2) is 0 Å². The van der Waals surface area contributed by atoms with Gasteiger partial charge in [-0.2, -0.15) is 0 Å². The van der Waals surface area contributed by atoms with E-state index in [1.807, 2.05) is 6.07 Å². The van der Waals surface area contributed by atoms with Crippen LogP contribution < -0.4 is 5.73 Å². The molecule has 1 saturated carbocycles. The van der Waals surface area contributed by atoms with Gasteiger partial charge in [-0.3, -0.25) is 0 Å². The lowest BCUT2D eigenvalue weighted by Gasteiger charge is -2.28. The van der Waals surface area contributed by atoms with E-state index in [4.69, 9.17) is 17.3 Å². The summed E-state index contributed by atoms with van der Waals surface area (Å²) in [4.78, 5) is 0. The molecule has 1 fully saturated rings. The maximum Gasteiger partial charge on any atom is 0.142 e. The molecule has 0 radical (unpaired) electrons. The Balaban J connectivity index is 2.05. The molecule has 0 bridgehead atoms. The van der Waals surface area contributed by atoms with E-state index >= 15 is 0 Å². The van der Waals surface area contributed by atoms with Crippen LogP contribution in [-0.4, -0.2) is 6.04 Å². The molecule has 0 aliphatic heterocycles. The zero-order chi connectivity index (χ0) is 11.5. The summed E-state index contributed by atoms with van der Waals surface area (Å²) in [5.41, 5.74) is 7.08. The van der Waals surface area contributed by atoms with E-state index in [-0.39, 0.29) is 16.9 Å². The molecule has 2 rings (SSSR count). The molecule has 16 heavy (non-hydrogen) atoms. The van der Waals surface area contributed by atoms with E-state index in [0.29, 0.717) is 5.92 Å². The largest absolute Gasteiger partial charge is 0.327 e. The van der Waals surface area contributed by atoms with Crippen molar-refractivity contribution in [2.45, 2.75) is 38.1 Å². The van der Waals surface area contributed by atoms with Gasteiger partial charge in [0, 0.05) is 6.04 Å². The van der Waals surface area contributed by atoms with Gasteiger partial charge in [0.1, 0.15) is 5.82 Å². The summed E-state index contributed by atoms with van der Waals surface area (Å²) in [6.45, 7) is 0. The number of halogens is 2. The van der Waals surface area contributed by atoms with Crippen LogP contribution in [0.5, 0.6) is 0 Å². The molecule has 0 spiro atoms. The molecule has 0 heterocycles. The lowest BCUT2D eigenvalue weighted by molar-refractivity contribution is 0.306. The molecule has 1 nitrogen and oxygen atoms in total. The molecule has 1 aliphatic rings. The third-order valence-corrected chi connectivity index (χ3v) is 3.76. The van der Waals surface area contributed by atoms with Crippen molar-refractivity contribution in [1.29, 1.82) is 0 Å². The fourth-order valence-electron chi connectivity index (χ4n) is 2.46. The lowest BCUT2D eigenvalue weighted by Crippen LogP contribution is -2.34. The highest BCUT2D eigenvalue weighted by molar-refractivity contribution is 6.30. The predicted molar refractivity (Wildman–Crippen MR) is 65.0 cm³/mol. The molecule has 0 saturated heterocycles. The van der Waals surface area contributed by atoms with Gasteiger partial charge < -0.3 is 5.73 Å². The Hall–Kier alpha value is -0.600. The summed E-state index contributed by atoms with van der Waals surface area (Å²) in [6.07, 6.45) is 5.60. The monoisotopic (exact) mass is 241 g/mol. The Morgan fingerprint density at radius 2 is 2.06 bits per heavy atom. The minimum absolute atomic E-state index is 0.191. The first-order valence-corrected chi connectivity index (χ1v) is 6.24. The summed E-state index contributed by atoms with van der Waals surface area (Å²) >= 11 is 5.65. The van der Waals surface area contributed by atoms with E-state index in [9.17, 15) is 4.39 Å². The average Bonchev–Trinajstić information content (AvgIpc) is 2.27. The predicted octanol–water partition coefficient (Wildman–Crippen LogP) is 3.54. The molecule has 3 heteroatoms. The van der Waals surface area contributed by atoms with Gasteiger partial charge in [-0.25, -0.2) is 4.39 Å². The Bertz CT molecular complexity index is 367. The Morgan fingerprint density at radius 3 is 2.75 bits per heavy atom. The fourth-order valence-corrected chi connectivity index (χ4v) is 2.58. The molecule has 1 aromatic carbocycles. The SMILES string of the molecule is NC1CCCCC1Cc1ccc(Cl)c(F)c1. The molecule has 2 unspecified atom stereocenters. The summed E-state index contributed by atoms with van der Waals surface area (Å²) in [7, 11) is 0. The van der Waals surface area contributed by atoms with Crippen LogP contribution in [0.15, 0.2) is 18.2 Å². The maximum atomic E-state index is 13.3. The molecule has 88 valence electrons. The van der Waals surface area contributed by atoms with Crippen molar-refractivity contribution < 1.29 is 4.39 Å². The van der Waals surface area contributed by atoms with E-state index in [2.05, 4.69) is 0 Å². The first kappa shape index (κ1) is 11.9. The standard InChI is InChI=1S/C13H17ClFN/c14-11-6-5-9(8-12(11)15)7-10-3-1-2-4-13(10)16/h5-6,8,10,13H,1-4,7,16H2. The van der Waals surface area contributed by atoms with E-state index in [1.165, 1.54) is 18.9 Å². The van der Waals surface area contributed by atoms with Gasteiger partial charge in [0.05, 0.1) is 5.02 Å². The van der Waals surface area contributed by atoms with Crippen LogP contribution in [0.3, 0.4) is 0 Å². The molecule has 1 aromatic rings. The van der Waals surface area contributed by atoms with Gasteiger partial charge in [0.2, 0.25) is 0 Å². The zero-order valence-electron chi connectivity index (χ0n) is 9.26. The number of rotatable bonds is 2. The number of nitrogens with two attached hydrogens (primary N) is 1. The lowest BCUT2D eigenvalue weighted by atomic mass is 9.81. The van der Waals surface area contributed by atoms with Gasteiger partial charge >= 0.3 is 0 Å². The van der Waals surface area contributed by atoms with E-state index in [0.717, 1.165) is 24.8 Å². The fraction of sp³-hybridized carbons (Fsp3) is 0.538. The third kappa shape index (κ3) is 2.74. The van der Waals surface area contributed by atoms with Crippen molar-refractivity contribution in [3.8, 4) is 0 Å². The van der Waals surface area contributed by atoms with Gasteiger partial charge in [0.25, 0.3) is 0 Å². The highest BCUT2D eigenvalue weighted by Gasteiger charge is 2.22. The first-order valence-electron chi connectivity index (χ1n) is 5.86. The van der Waals surface area contributed by atoms with Crippen LogP contribution in [0.25, 0.3) is 0 Å². The Kier molecular flexibility index (Phi) is 3.82. The Labute approximate surface area is 101 Å². The summed E-state index contributed by atoms with van der Waals surface area (Å²) < 4.78 is 13.3. The summed E-state index contributed by atoms with van der Waals surface area (Å²) in [5, 5.41) is 0.191. The van der Waals surface area contributed by atoms with Crippen LogP contribution in [0.4, 0.5) is 4.39 Å². The van der Waals surface area contributed by atoms with Crippen LogP contribution in [0.2, 0.25) is 5.02 Å². The highest BCUT2D eigenvalue weighted by Crippen LogP contribution is 2.27. The van der Waals surface area contributed by atoms with Crippen molar-refractivity contribution in [2.24, 2.45) is 11.7 Å². The van der Waals surface area contributed by atoms with E-state index in [1.54, 1.807) is 6.07 Å². The summed E-state index contributed by atoms with van der Waals surface area (Å²) in [5.74, 6) is 0.165. The topological polar surface area (TPSA) is 26.0 Å². The van der Waals surface area contributed by atoms with Crippen LogP contribution >= 0.6 is 11.6 Å². The van der Waals surface area contributed by atoms with Crippen LogP contribution in [-0.2, 0) is 6.42 Å². The molecule has 0 amide bonds. The number of hydrogen-bond acceptors (Lipinski definition) is 1. The molecule has 2 atom stereocenters. The van der Waals surface area contributed by atoms with Crippen molar-refractivity contribution in [3.05, 3.63) is 34.6 Å². The molecule has 0 aromatic heterocycles. The Morgan fingerprint density at radius 1 is 1.31 bits per heavy atom. The second kappa shape index (κ2) is 5.15. The van der Waals surface area contributed by atoms with Gasteiger partial charge in [-0.1, -0.05) is 30.5 Å². The van der Waals surface area contributed by atoms with E-state index < -0.39 is 0 Å². The maximum absolute atomic E-state index is 13.3. The number of benzene rings is 1. The smallest absolute Gasteiger partial charge is 0.142 e. The van der Waals surface area contributed by atoms with Gasteiger partial charge in [-0.05, 0) is 42.9 Å². The summed E-state index contributed by atoms with van der Waals surface area (Å²) in [6, 6.07) is 5.32. The molecular weight excluding hydrogens is 225 g/mol. The van der Waals surface area contributed by atoms with Crippen LogP contribution in [0.1, 0.15) is 31.2 Å². The highest BCUT2D eigenvalue weighted by atomic mass is 35.5. The second-order valence-electron chi connectivity index (χ2n) is 4.66. The minimum atomic E-state index is -0.330. The molecular formula is C13H17ClFN. The molecule has 1 aliphatic carbocycles. The zero-order valence-corrected chi connectivity index (χ0v) is 10.0. The van der Waals surface area contributed by atoms with Crippen molar-refractivity contribution in [2.75, 3.05) is 0 Å². The first-order chi connectivity index (χ1) is 7.66. The number of hydrogen-bond donors (Lipinski definition) is 1. The second-order valence-corrected chi connectivity index (χ2v) is 5.07. The van der Waals surface area contributed by atoms with Crippen molar-refractivity contribution in [1.82, 2.24) is 0 Å².